The molecule has 5 aromatic rings. The summed E-state index contributed by atoms with van der Waals surface area (Å²) in [7, 11) is 0. The van der Waals surface area contributed by atoms with Crippen molar-refractivity contribution >= 4 is 28.2 Å². The molecule has 0 aliphatic heterocycles. The van der Waals surface area contributed by atoms with Crippen LogP contribution in [0.4, 0.5) is 11.4 Å². The number of nitrogens with one attached hydrogen (secondary N) is 1. The molecule has 0 saturated carbocycles. The number of para-hydroxylation sites is 3. The van der Waals surface area contributed by atoms with Crippen molar-refractivity contribution in [2.75, 3.05) is 8.20 Å². The van der Waals surface area contributed by atoms with Gasteiger partial charge in [0.05, 0.1) is 0 Å². The Hall–Kier alpha value is -3.57. The van der Waals surface area contributed by atoms with Gasteiger partial charge in [-0.25, -0.2) is 0 Å². The summed E-state index contributed by atoms with van der Waals surface area (Å²) in [5.41, 5.74) is 11.0. The van der Waals surface area contributed by atoms with Crippen LogP contribution in [0, 0.1) is 0 Å². The van der Waals surface area contributed by atoms with E-state index in [0.717, 1.165) is 52.8 Å². The second-order valence-corrected chi connectivity index (χ2v) is 21.5. The summed E-state index contributed by atoms with van der Waals surface area (Å²) in [6.45, 7) is 8.92. The Labute approximate surface area is 276 Å². The molecule has 4 aromatic carbocycles. The fourth-order valence-corrected chi connectivity index (χ4v) is 11.3. The first kappa shape index (κ1) is 31.4. The number of carbonyl (C=O) groups is 1. The van der Waals surface area contributed by atoms with Crippen LogP contribution in [-0.4, -0.2) is 10.9 Å². The van der Waals surface area contributed by atoms with E-state index >= 15 is 0 Å². The van der Waals surface area contributed by atoms with Gasteiger partial charge < -0.3 is 0 Å². The number of nitrogens with zero attached hydrogens (tertiary/aromatic N) is 2. The number of amides is 1. The van der Waals surface area contributed by atoms with Crippen molar-refractivity contribution in [2.24, 2.45) is 0 Å². The molecule has 1 aromatic heterocycles. The Balaban J connectivity index is 1.48. The maximum atomic E-state index is 14.8. The molecule has 6 rings (SSSR count). The van der Waals surface area contributed by atoms with Crippen molar-refractivity contribution in [3.63, 3.8) is 0 Å². The molecule has 229 valence electrons. The SMILES string of the molecule is CC(C)c1cccc(C(C)C)c1[N](C(=O)c1cccc2ccc(-c3cccc4c3[C@@H](Nc3ccccc3)CCC4)nc12)[Hf]([CH3])[CH3]. The van der Waals surface area contributed by atoms with Gasteiger partial charge in [0.25, 0.3) is 0 Å². The quantitative estimate of drug-likeness (QED) is 0.160. The van der Waals surface area contributed by atoms with Crippen LogP contribution in [0.15, 0.2) is 97.1 Å². The second kappa shape index (κ2) is 13.4. The monoisotopic (exact) mass is 762 g/mol. The van der Waals surface area contributed by atoms with Crippen LogP contribution in [0.3, 0.4) is 0 Å². The van der Waals surface area contributed by atoms with Gasteiger partial charge in [-0.05, 0) is 0 Å². The third kappa shape index (κ3) is 6.29. The molecule has 1 atom stereocenters. The van der Waals surface area contributed by atoms with E-state index in [0.29, 0.717) is 17.4 Å². The number of hydrogen-bond acceptors (Lipinski definition) is 3. The van der Waals surface area contributed by atoms with E-state index in [-0.39, 0.29) is 11.9 Å². The zero-order chi connectivity index (χ0) is 31.7. The summed E-state index contributed by atoms with van der Waals surface area (Å²) >= 11 is -2.50. The summed E-state index contributed by atoms with van der Waals surface area (Å²) in [4.78, 5) is 20.1. The van der Waals surface area contributed by atoms with E-state index in [9.17, 15) is 4.79 Å². The van der Waals surface area contributed by atoms with Gasteiger partial charge in [-0.15, -0.1) is 0 Å². The molecule has 0 fully saturated rings. The number of benzene rings is 4. The van der Waals surface area contributed by atoms with E-state index in [1.165, 1.54) is 22.3 Å². The number of carbonyl (C=O) groups excluding carboxylic acids is 1. The third-order valence-electron chi connectivity index (χ3n) is 9.04. The van der Waals surface area contributed by atoms with Gasteiger partial charge in [0.2, 0.25) is 0 Å². The van der Waals surface area contributed by atoms with Crippen molar-refractivity contribution in [3.8, 4) is 11.3 Å². The number of anilines is 2. The molecular formula is C40H44HfN3O. The first-order valence-electron chi connectivity index (χ1n) is 16.4. The van der Waals surface area contributed by atoms with Crippen molar-refractivity contribution < 1.29 is 26.5 Å². The fraction of sp³-hybridized carbons (Fsp3) is 0.300. The summed E-state index contributed by atoms with van der Waals surface area (Å²) in [5, 5.41) is 4.80. The standard InChI is InChI=1S/C38H39N3O.2CH3.Hf/c1-24(2)29-17-11-18-30(25(3)4)37(29)41-38(42)32-20-9-14-27-22-23-33(40-36(27)32)31-19-8-12-26-13-10-21-34(35(26)31)39-28-15-6-5-7-16-28;;;/h5-9,11-12,14-20,22-25,34,39H,10,13,21H2,1-4H3,(H,41,42);2*1H3;/q;;;+1/p-1/t34-;;;/m0.../s1. The first-order valence-corrected chi connectivity index (χ1v) is 25.1. The zero-order valence-electron chi connectivity index (χ0n) is 27.4. The Morgan fingerprint density at radius 1 is 0.822 bits per heavy atom. The number of aryl methyl sites for hydroxylation is 1. The van der Waals surface area contributed by atoms with Gasteiger partial charge in [0.1, 0.15) is 0 Å². The second-order valence-electron chi connectivity index (χ2n) is 13.1. The molecule has 1 aliphatic rings. The number of fused-ring (bicyclic) bond motifs is 2. The fourth-order valence-electron chi connectivity index (χ4n) is 6.88. The Bertz CT molecular complexity index is 1800. The van der Waals surface area contributed by atoms with Gasteiger partial charge in [-0.3, -0.25) is 0 Å². The van der Waals surface area contributed by atoms with E-state index < -0.39 is 21.7 Å². The Morgan fingerprint density at radius 3 is 2.20 bits per heavy atom. The molecule has 45 heavy (non-hydrogen) atoms. The zero-order valence-corrected chi connectivity index (χ0v) is 31.0. The summed E-state index contributed by atoms with van der Waals surface area (Å²) in [5.74, 6) is 0.725. The van der Waals surface area contributed by atoms with Crippen LogP contribution in [0.1, 0.15) is 91.0 Å². The molecule has 1 aliphatic carbocycles. The van der Waals surface area contributed by atoms with Gasteiger partial charge in [-0.2, -0.15) is 0 Å². The van der Waals surface area contributed by atoms with Gasteiger partial charge in [0.15, 0.2) is 0 Å². The van der Waals surface area contributed by atoms with E-state index in [1.807, 2.05) is 12.1 Å². The van der Waals surface area contributed by atoms with E-state index in [4.69, 9.17) is 4.98 Å². The van der Waals surface area contributed by atoms with Gasteiger partial charge in [0, 0.05) is 0 Å². The van der Waals surface area contributed by atoms with E-state index in [1.54, 1.807) is 0 Å². The summed E-state index contributed by atoms with van der Waals surface area (Å²) in [6, 6.07) is 34.2. The third-order valence-corrected chi connectivity index (χ3v) is 13.8. The Kier molecular flexibility index (Phi) is 9.37. The van der Waals surface area contributed by atoms with Crippen LogP contribution in [0.5, 0.6) is 0 Å². The predicted molar refractivity (Wildman–Crippen MR) is 186 cm³/mol. The van der Waals surface area contributed by atoms with E-state index in [2.05, 4.69) is 130 Å². The van der Waals surface area contributed by atoms with Crippen LogP contribution in [-0.2, 0) is 28.1 Å². The van der Waals surface area contributed by atoms with Crippen molar-refractivity contribution in [3.05, 3.63) is 125 Å². The minimum atomic E-state index is -2.50. The number of rotatable bonds is 8. The molecule has 0 bridgehead atoms. The molecular weight excluding hydrogens is 717 g/mol. The van der Waals surface area contributed by atoms with Crippen LogP contribution in [0.2, 0.25) is 9.36 Å². The molecule has 1 N–H and O–H groups in total. The maximum absolute atomic E-state index is 14.8. The Morgan fingerprint density at radius 2 is 1.51 bits per heavy atom. The average molecular weight is 761 g/mol. The van der Waals surface area contributed by atoms with Gasteiger partial charge >= 0.3 is 260 Å². The van der Waals surface area contributed by atoms with Crippen LogP contribution < -0.4 is 8.20 Å². The van der Waals surface area contributed by atoms with Crippen molar-refractivity contribution in [2.45, 2.75) is 74.2 Å². The predicted octanol–water partition coefficient (Wildman–Crippen LogP) is 10.9. The molecule has 0 spiro atoms. The molecule has 1 amide bonds. The molecule has 0 saturated heterocycles. The number of aromatic nitrogens is 1. The summed E-state index contributed by atoms with van der Waals surface area (Å²) in [6.07, 6.45) is 3.29. The molecule has 0 radical (unpaired) electrons. The van der Waals surface area contributed by atoms with Crippen LogP contribution in [0.25, 0.3) is 22.2 Å². The number of hydrogen-bond donors (Lipinski definition) is 1. The summed E-state index contributed by atoms with van der Waals surface area (Å²) < 4.78 is 6.87. The average Bonchev–Trinajstić information content (AvgIpc) is 3.04. The normalized spacial score (nSPS) is 14.4. The van der Waals surface area contributed by atoms with Crippen molar-refractivity contribution in [1.82, 2.24) is 4.98 Å². The van der Waals surface area contributed by atoms with Crippen LogP contribution >= 0.6 is 0 Å². The topological polar surface area (TPSA) is 45.2 Å². The molecule has 5 heteroatoms. The molecule has 1 heterocycles. The number of pyridine rings is 1. The van der Waals surface area contributed by atoms with Gasteiger partial charge in [-0.1, -0.05) is 18.2 Å². The molecule has 4 nitrogen and oxygen atoms in total. The first-order chi connectivity index (χ1) is 21.7. The molecule has 0 unspecified atom stereocenters. The van der Waals surface area contributed by atoms with Crippen molar-refractivity contribution in [1.29, 1.82) is 0 Å². The minimum absolute atomic E-state index is 0.0891.